The average Bonchev–Trinajstić information content (AvgIpc) is 2.39. The Morgan fingerprint density at radius 2 is 1.70 bits per heavy atom. The van der Waals surface area contributed by atoms with Crippen molar-refractivity contribution < 1.29 is 17.2 Å². The highest BCUT2D eigenvalue weighted by atomic mass is 32.2. The second-order valence-electron chi connectivity index (χ2n) is 4.39. The predicted molar refractivity (Wildman–Crippen MR) is 73.2 cm³/mol. The highest BCUT2D eigenvalue weighted by Gasteiger charge is 2.07. The minimum atomic E-state index is -3.24. The van der Waals surface area contributed by atoms with Gasteiger partial charge in [0.1, 0.15) is 11.6 Å². The summed E-state index contributed by atoms with van der Waals surface area (Å²) in [6.45, 7) is 0.113. The molecule has 0 bridgehead atoms. The summed E-state index contributed by atoms with van der Waals surface area (Å²) in [6, 6.07) is 9.31. The van der Waals surface area contributed by atoms with Gasteiger partial charge >= 0.3 is 0 Å². The van der Waals surface area contributed by atoms with Crippen LogP contribution in [0.3, 0.4) is 0 Å². The number of benzene rings is 2. The monoisotopic (exact) mass is 297 g/mol. The second-order valence-corrected chi connectivity index (χ2v) is 6.40. The molecule has 0 saturated carbocycles. The Bertz CT molecular complexity index is 712. The molecule has 2 aromatic rings. The molecule has 0 saturated heterocycles. The molecule has 0 aliphatic carbocycles. The summed E-state index contributed by atoms with van der Waals surface area (Å²) < 4.78 is 49.0. The van der Waals surface area contributed by atoms with Crippen LogP contribution in [0.4, 0.5) is 14.5 Å². The van der Waals surface area contributed by atoms with Gasteiger partial charge in [-0.25, -0.2) is 17.2 Å². The van der Waals surface area contributed by atoms with Crippen LogP contribution in [-0.2, 0) is 16.4 Å². The van der Waals surface area contributed by atoms with Crippen LogP contribution in [0.5, 0.6) is 0 Å². The molecule has 0 amide bonds. The molecule has 0 aliphatic rings. The summed E-state index contributed by atoms with van der Waals surface area (Å²) >= 11 is 0. The zero-order chi connectivity index (χ0) is 14.8. The van der Waals surface area contributed by atoms with Gasteiger partial charge in [-0.3, -0.25) is 0 Å². The molecule has 0 fully saturated rings. The standard InChI is InChI=1S/C14H13F2NO2S/c1-20(18,19)13-5-3-12(4-6-13)17-9-10-8-11(15)2-7-14(10)16/h2-8,17H,9H2,1H3. The Morgan fingerprint density at radius 3 is 2.30 bits per heavy atom. The van der Waals surface area contributed by atoms with Crippen LogP contribution >= 0.6 is 0 Å². The van der Waals surface area contributed by atoms with Crippen LogP contribution in [0.1, 0.15) is 5.56 Å². The zero-order valence-electron chi connectivity index (χ0n) is 10.7. The lowest BCUT2D eigenvalue weighted by Gasteiger charge is -2.08. The number of halogens is 2. The van der Waals surface area contributed by atoms with Crippen LogP contribution in [0.25, 0.3) is 0 Å². The maximum atomic E-state index is 13.4. The smallest absolute Gasteiger partial charge is 0.175 e. The molecular weight excluding hydrogens is 284 g/mol. The third kappa shape index (κ3) is 3.54. The molecule has 0 unspecified atom stereocenters. The normalized spacial score (nSPS) is 11.3. The lowest BCUT2D eigenvalue weighted by molar-refractivity contribution is 0.587. The minimum absolute atomic E-state index is 0.113. The molecule has 0 atom stereocenters. The molecule has 3 nitrogen and oxygen atoms in total. The van der Waals surface area contributed by atoms with Gasteiger partial charge in [0.2, 0.25) is 0 Å². The Morgan fingerprint density at radius 1 is 1.05 bits per heavy atom. The highest BCUT2D eigenvalue weighted by molar-refractivity contribution is 7.90. The highest BCUT2D eigenvalue weighted by Crippen LogP contribution is 2.16. The summed E-state index contributed by atoms with van der Waals surface area (Å²) in [6.07, 6.45) is 1.12. The maximum absolute atomic E-state index is 13.4. The summed E-state index contributed by atoms with van der Waals surface area (Å²) in [5.74, 6) is -0.998. The molecule has 106 valence electrons. The van der Waals surface area contributed by atoms with Crippen LogP contribution in [-0.4, -0.2) is 14.7 Å². The lowest BCUT2D eigenvalue weighted by atomic mass is 10.2. The van der Waals surface area contributed by atoms with Gasteiger partial charge in [-0.15, -0.1) is 0 Å². The van der Waals surface area contributed by atoms with Crippen molar-refractivity contribution in [2.45, 2.75) is 11.4 Å². The third-order valence-electron chi connectivity index (χ3n) is 2.77. The largest absolute Gasteiger partial charge is 0.381 e. The van der Waals surface area contributed by atoms with E-state index in [4.69, 9.17) is 0 Å². The number of nitrogens with one attached hydrogen (secondary N) is 1. The van der Waals surface area contributed by atoms with E-state index >= 15 is 0 Å². The van der Waals surface area contributed by atoms with Crippen LogP contribution in [0, 0.1) is 11.6 Å². The maximum Gasteiger partial charge on any atom is 0.175 e. The molecule has 2 rings (SSSR count). The van der Waals surface area contributed by atoms with Crippen LogP contribution < -0.4 is 5.32 Å². The van der Waals surface area contributed by atoms with Crippen molar-refractivity contribution in [2.24, 2.45) is 0 Å². The van der Waals surface area contributed by atoms with Crippen molar-refractivity contribution >= 4 is 15.5 Å². The Kier molecular flexibility index (Phi) is 4.04. The first-order chi connectivity index (χ1) is 9.36. The lowest BCUT2D eigenvalue weighted by Crippen LogP contribution is -2.03. The number of rotatable bonds is 4. The Labute approximate surface area is 116 Å². The summed E-state index contributed by atoms with van der Waals surface area (Å²) in [4.78, 5) is 0.208. The fourth-order valence-electron chi connectivity index (χ4n) is 1.70. The molecule has 0 heterocycles. The van der Waals surface area contributed by atoms with Gasteiger partial charge in [-0.1, -0.05) is 0 Å². The van der Waals surface area contributed by atoms with Crippen LogP contribution in [0.2, 0.25) is 0 Å². The van der Waals surface area contributed by atoms with Crippen molar-refractivity contribution in [3.63, 3.8) is 0 Å². The molecule has 0 aromatic heterocycles. The molecule has 1 N–H and O–H groups in total. The van der Waals surface area contributed by atoms with Crippen LogP contribution in [0.15, 0.2) is 47.4 Å². The second kappa shape index (κ2) is 5.58. The van der Waals surface area contributed by atoms with Gasteiger partial charge in [-0.05, 0) is 42.5 Å². The molecule has 0 spiro atoms. The number of hydrogen-bond donors (Lipinski definition) is 1. The minimum Gasteiger partial charge on any atom is -0.381 e. The van der Waals surface area contributed by atoms with E-state index in [2.05, 4.69) is 5.32 Å². The van der Waals surface area contributed by atoms with Crippen molar-refractivity contribution in [1.82, 2.24) is 0 Å². The van der Waals surface area contributed by atoms with E-state index in [0.717, 1.165) is 24.5 Å². The summed E-state index contributed by atoms with van der Waals surface area (Å²) in [7, 11) is -3.24. The molecule has 0 aliphatic heterocycles. The molecule has 6 heteroatoms. The number of sulfone groups is 1. The van der Waals surface area contributed by atoms with Crippen molar-refractivity contribution in [2.75, 3.05) is 11.6 Å². The van der Waals surface area contributed by atoms with E-state index in [1.165, 1.54) is 12.1 Å². The fraction of sp³-hybridized carbons (Fsp3) is 0.143. The van der Waals surface area contributed by atoms with Gasteiger partial charge in [-0.2, -0.15) is 0 Å². The number of hydrogen-bond acceptors (Lipinski definition) is 3. The third-order valence-corrected chi connectivity index (χ3v) is 3.90. The predicted octanol–water partition coefficient (Wildman–Crippen LogP) is 2.98. The van der Waals surface area contributed by atoms with E-state index in [9.17, 15) is 17.2 Å². The van der Waals surface area contributed by atoms with Gasteiger partial charge in [0.15, 0.2) is 9.84 Å². The SMILES string of the molecule is CS(=O)(=O)c1ccc(NCc2cc(F)ccc2F)cc1. The molecule has 2 aromatic carbocycles. The van der Waals surface area contributed by atoms with Crippen molar-refractivity contribution in [3.05, 3.63) is 59.7 Å². The molecule has 20 heavy (non-hydrogen) atoms. The van der Waals surface area contributed by atoms with Crippen molar-refractivity contribution in [1.29, 1.82) is 0 Å². The van der Waals surface area contributed by atoms with E-state index < -0.39 is 21.5 Å². The topological polar surface area (TPSA) is 46.2 Å². The van der Waals surface area contributed by atoms with Gasteiger partial charge in [0, 0.05) is 24.1 Å². The number of anilines is 1. The van der Waals surface area contributed by atoms with E-state index in [1.807, 2.05) is 0 Å². The van der Waals surface area contributed by atoms with E-state index in [0.29, 0.717) is 5.69 Å². The quantitative estimate of drug-likeness (QED) is 0.943. The first-order valence-electron chi connectivity index (χ1n) is 5.84. The first-order valence-corrected chi connectivity index (χ1v) is 7.73. The fourth-order valence-corrected chi connectivity index (χ4v) is 2.33. The van der Waals surface area contributed by atoms with E-state index in [1.54, 1.807) is 12.1 Å². The Balaban J connectivity index is 2.10. The average molecular weight is 297 g/mol. The first kappa shape index (κ1) is 14.5. The Hall–Kier alpha value is -1.95. The molecule has 0 radical (unpaired) electrons. The zero-order valence-corrected chi connectivity index (χ0v) is 11.5. The molecular formula is C14H13F2NO2S. The van der Waals surface area contributed by atoms with Crippen molar-refractivity contribution in [3.8, 4) is 0 Å². The summed E-state index contributed by atoms with van der Waals surface area (Å²) in [5.41, 5.74) is 0.832. The van der Waals surface area contributed by atoms with Gasteiger partial charge < -0.3 is 5.32 Å². The van der Waals surface area contributed by atoms with E-state index in [-0.39, 0.29) is 17.0 Å². The summed E-state index contributed by atoms with van der Waals surface area (Å²) in [5, 5.41) is 2.91. The van der Waals surface area contributed by atoms with Gasteiger partial charge in [0.05, 0.1) is 4.90 Å². The van der Waals surface area contributed by atoms with Gasteiger partial charge in [0.25, 0.3) is 0 Å².